The topological polar surface area (TPSA) is 46.5 Å². The van der Waals surface area contributed by atoms with E-state index in [0.717, 1.165) is 5.92 Å². The molecule has 18 heavy (non-hydrogen) atoms. The molecule has 2 fully saturated rings. The Labute approximate surface area is 109 Å². The highest BCUT2D eigenvalue weighted by Gasteiger charge is 2.61. The van der Waals surface area contributed by atoms with E-state index >= 15 is 0 Å². The smallest absolute Gasteiger partial charge is 0.327 e. The lowest BCUT2D eigenvalue weighted by Crippen LogP contribution is -2.37. The van der Waals surface area contributed by atoms with Crippen molar-refractivity contribution in [1.29, 1.82) is 0 Å². The molecule has 0 saturated heterocycles. The molecule has 102 valence electrons. The van der Waals surface area contributed by atoms with E-state index in [9.17, 15) is 4.79 Å². The normalized spacial score (nSPS) is 37.5. The lowest BCUT2D eigenvalue weighted by molar-refractivity contribution is -0.131. The Morgan fingerprint density at radius 2 is 2.17 bits per heavy atom. The molecule has 2 saturated carbocycles. The maximum absolute atomic E-state index is 10.3. The lowest BCUT2D eigenvalue weighted by atomic mass is 9.70. The zero-order valence-corrected chi connectivity index (χ0v) is 11.6. The molecule has 0 radical (unpaired) electrons. The van der Waals surface area contributed by atoms with Crippen LogP contribution in [-0.4, -0.2) is 23.8 Å². The second-order valence-corrected chi connectivity index (χ2v) is 6.50. The Balaban J connectivity index is 1.84. The van der Waals surface area contributed by atoms with Gasteiger partial charge in [0.05, 0.1) is 12.7 Å². The highest BCUT2D eigenvalue weighted by Crippen LogP contribution is 2.66. The Bertz CT molecular complexity index is 359. The van der Waals surface area contributed by atoms with Crippen molar-refractivity contribution in [3.05, 3.63) is 12.2 Å². The maximum atomic E-state index is 10.3. The summed E-state index contributed by atoms with van der Waals surface area (Å²) < 4.78 is 6.01. The fraction of sp³-hybridized carbons (Fsp3) is 0.800. The van der Waals surface area contributed by atoms with Gasteiger partial charge >= 0.3 is 5.97 Å². The fourth-order valence-corrected chi connectivity index (χ4v) is 3.84. The Morgan fingerprint density at radius 1 is 1.44 bits per heavy atom. The van der Waals surface area contributed by atoms with Gasteiger partial charge in [0, 0.05) is 6.08 Å². The van der Waals surface area contributed by atoms with Crippen LogP contribution >= 0.6 is 0 Å². The van der Waals surface area contributed by atoms with Crippen LogP contribution < -0.4 is 0 Å². The molecule has 1 N–H and O–H groups in total. The second kappa shape index (κ2) is 4.69. The van der Waals surface area contributed by atoms with Crippen molar-refractivity contribution in [2.45, 2.75) is 52.6 Å². The van der Waals surface area contributed by atoms with E-state index in [0.29, 0.717) is 30.0 Å². The number of ether oxygens (including phenoxy) is 1. The zero-order valence-electron chi connectivity index (χ0n) is 11.6. The molecule has 0 aromatic carbocycles. The van der Waals surface area contributed by atoms with Gasteiger partial charge in [0.1, 0.15) is 0 Å². The van der Waals surface area contributed by atoms with Crippen molar-refractivity contribution in [1.82, 2.24) is 0 Å². The number of carbonyl (C=O) groups is 1. The van der Waals surface area contributed by atoms with Crippen molar-refractivity contribution in [2.24, 2.45) is 16.7 Å². The first kappa shape index (κ1) is 13.6. The van der Waals surface area contributed by atoms with Gasteiger partial charge in [0.15, 0.2) is 0 Å². The standard InChI is InChI=1S/C15H24O3/c1-14(2)11-7-8-15(14,3)12(10-11)18-9-5-4-6-13(16)17/h4,6,11-12H,5,7-10H2,1-3H3,(H,16,17). The molecule has 3 unspecified atom stereocenters. The predicted molar refractivity (Wildman–Crippen MR) is 70.4 cm³/mol. The molecule has 0 amide bonds. The van der Waals surface area contributed by atoms with E-state index in [1.54, 1.807) is 6.08 Å². The SMILES string of the molecule is CC1(C)C2CCC1(C)C(OCCC=CC(=O)O)C2. The molecule has 3 nitrogen and oxygen atoms in total. The van der Waals surface area contributed by atoms with Crippen molar-refractivity contribution in [3.8, 4) is 0 Å². The molecule has 0 aliphatic heterocycles. The van der Waals surface area contributed by atoms with Gasteiger partial charge in [-0.15, -0.1) is 0 Å². The maximum Gasteiger partial charge on any atom is 0.327 e. The first-order valence-electron chi connectivity index (χ1n) is 6.89. The largest absolute Gasteiger partial charge is 0.478 e. The van der Waals surface area contributed by atoms with Gasteiger partial charge in [-0.25, -0.2) is 4.79 Å². The van der Waals surface area contributed by atoms with Crippen LogP contribution in [0.3, 0.4) is 0 Å². The molecule has 2 rings (SSSR count). The minimum absolute atomic E-state index is 0.300. The van der Waals surface area contributed by atoms with Gasteiger partial charge in [-0.1, -0.05) is 26.8 Å². The number of hydrogen-bond acceptors (Lipinski definition) is 2. The summed E-state index contributed by atoms with van der Waals surface area (Å²) in [6.45, 7) is 7.74. The van der Waals surface area contributed by atoms with Crippen LogP contribution in [0.5, 0.6) is 0 Å². The number of carboxylic acids is 1. The molecule has 0 aromatic rings. The predicted octanol–water partition coefficient (Wildman–Crippen LogP) is 3.25. The zero-order chi connectivity index (χ0) is 13.4. The van der Waals surface area contributed by atoms with Crippen LogP contribution in [0.4, 0.5) is 0 Å². The van der Waals surface area contributed by atoms with Crippen molar-refractivity contribution < 1.29 is 14.6 Å². The highest BCUT2D eigenvalue weighted by atomic mass is 16.5. The van der Waals surface area contributed by atoms with E-state index in [2.05, 4.69) is 20.8 Å². The first-order chi connectivity index (χ1) is 8.38. The van der Waals surface area contributed by atoms with Crippen LogP contribution in [-0.2, 0) is 9.53 Å². The molecule has 0 spiro atoms. The number of carboxylic acid groups (broad SMARTS) is 1. The number of hydrogen-bond donors (Lipinski definition) is 1. The van der Waals surface area contributed by atoms with Crippen LogP contribution in [0.1, 0.15) is 46.5 Å². The summed E-state index contributed by atoms with van der Waals surface area (Å²) in [7, 11) is 0. The summed E-state index contributed by atoms with van der Waals surface area (Å²) in [6.07, 6.45) is 7.67. The van der Waals surface area contributed by atoms with Gasteiger partial charge < -0.3 is 9.84 Å². The van der Waals surface area contributed by atoms with Gasteiger partial charge in [0.2, 0.25) is 0 Å². The van der Waals surface area contributed by atoms with Gasteiger partial charge in [-0.2, -0.15) is 0 Å². The summed E-state index contributed by atoms with van der Waals surface area (Å²) in [5, 5.41) is 8.49. The molecular formula is C15H24O3. The van der Waals surface area contributed by atoms with Crippen molar-refractivity contribution >= 4 is 5.97 Å². The van der Waals surface area contributed by atoms with Crippen molar-refractivity contribution in [2.75, 3.05) is 6.61 Å². The number of aliphatic carboxylic acids is 1. The van der Waals surface area contributed by atoms with Crippen molar-refractivity contribution in [3.63, 3.8) is 0 Å². The number of rotatable bonds is 5. The fourth-order valence-electron chi connectivity index (χ4n) is 3.84. The minimum atomic E-state index is -0.886. The van der Waals surface area contributed by atoms with E-state index in [1.165, 1.54) is 25.3 Å². The first-order valence-corrected chi connectivity index (χ1v) is 6.89. The quantitative estimate of drug-likeness (QED) is 0.603. The summed E-state index contributed by atoms with van der Waals surface area (Å²) in [5.74, 6) is -0.0925. The molecule has 2 aliphatic rings. The van der Waals surface area contributed by atoms with Gasteiger partial charge in [0.25, 0.3) is 0 Å². The Morgan fingerprint density at radius 3 is 2.67 bits per heavy atom. The van der Waals surface area contributed by atoms with Gasteiger partial charge in [-0.05, 0) is 42.4 Å². The molecule has 0 heterocycles. The third-order valence-electron chi connectivity index (χ3n) is 5.58. The highest BCUT2D eigenvalue weighted by molar-refractivity contribution is 5.79. The molecule has 2 aliphatic carbocycles. The third-order valence-corrected chi connectivity index (χ3v) is 5.58. The van der Waals surface area contributed by atoms with Crippen LogP contribution in [0.25, 0.3) is 0 Å². The van der Waals surface area contributed by atoms with E-state index in [-0.39, 0.29) is 0 Å². The summed E-state index contributed by atoms with van der Waals surface area (Å²) >= 11 is 0. The van der Waals surface area contributed by atoms with E-state index in [1.807, 2.05) is 0 Å². The van der Waals surface area contributed by atoms with Crippen LogP contribution in [0, 0.1) is 16.7 Å². The second-order valence-electron chi connectivity index (χ2n) is 6.50. The van der Waals surface area contributed by atoms with E-state index < -0.39 is 5.97 Å². The molecule has 0 aromatic heterocycles. The lowest BCUT2D eigenvalue weighted by Gasteiger charge is -2.38. The number of fused-ring (bicyclic) bond motifs is 2. The van der Waals surface area contributed by atoms with Gasteiger partial charge in [-0.3, -0.25) is 0 Å². The Hall–Kier alpha value is -0.830. The third kappa shape index (κ3) is 2.09. The summed E-state index contributed by atoms with van der Waals surface area (Å²) in [6, 6.07) is 0. The average molecular weight is 252 g/mol. The Kier molecular flexibility index (Phi) is 3.54. The molecular weight excluding hydrogens is 228 g/mol. The molecule has 3 atom stereocenters. The summed E-state index contributed by atoms with van der Waals surface area (Å²) in [4.78, 5) is 10.3. The molecule has 2 bridgehead atoms. The van der Waals surface area contributed by atoms with Crippen LogP contribution in [0.15, 0.2) is 12.2 Å². The monoisotopic (exact) mass is 252 g/mol. The molecule has 3 heteroatoms. The van der Waals surface area contributed by atoms with Crippen LogP contribution in [0.2, 0.25) is 0 Å². The summed E-state index contributed by atoms with van der Waals surface area (Å²) in [5.41, 5.74) is 0.683. The minimum Gasteiger partial charge on any atom is -0.478 e. The van der Waals surface area contributed by atoms with E-state index in [4.69, 9.17) is 9.84 Å². The average Bonchev–Trinajstić information content (AvgIpc) is 2.61.